The van der Waals surface area contributed by atoms with Gasteiger partial charge >= 0.3 is 0 Å². The van der Waals surface area contributed by atoms with Crippen LogP contribution >= 0.6 is 11.8 Å². The fourth-order valence-electron chi connectivity index (χ4n) is 3.75. The van der Waals surface area contributed by atoms with Gasteiger partial charge in [0, 0.05) is 23.7 Å². The lowest BCUT2D eigenvalue weighted by atomic mass is 10.1. The van der Waals surface area contributed by atoms with Crippen molar-refractivity contribution in [1.82, 2.24) is 0 Å². The van der Waals surface area contributed by atoms with Crippen molar-refractivity contribution in [1.29, 1.82) is 0 Å². The SMILES string of the molecule is CCCCCCCCNc1ccc2c(c1)N(CCCCCCCC)C(=O)CS2. The molecular formula is C24H40N2OS. The normalized spacial score (nSPS) is 13.6. The minimum absolute atomic E-state index is 0.263. The Balaban J connectivity index is 1.81. The summed E-state index contributed by atoms with van der Waals surface area (Å²) in [6.07, 6.45) is 15.4. The van der Waals surface area contributed by atoms with Gasteiger partial charge in [-0.05, 0) is 31.0 Å². The zero-order chi connectivity index (χ0) is 20.0. The molecule has 0 unspecified atom stereocenters. The minimum Gasteiger partial charge on any atom is -0.385 e. The van der Waals surface area contributed by atoms with E-state index in [1.807, 2.05) is 4.90 Å². The molecule has 0 saturated carbocycles. The summed E-state index contributed by atoms with van der Waals surface area (Å²) in [6.45, 7) is 6.39. The molecule has 1 N–H and O–H groups in total. The molecule has 1 amide bonds. The molecule has 1 heterocycles. The maximum Gasteiger partial charge on any atom is 0.237 e. The molecule has 0 bridgehead atoms. The van der Waals surface area contributed by atoms with Gasteiger partial charge in [0.1, 0.15) is 0 Å². The van der Waals surface area contributed by atoms with E-state index in [1.165, 1.54) is 75.5 Å². The van der Waals surface area contributed by atoms with Crippen LogP contribution in [-0.4, -0.2) is 24.7 Å². The number of hydrogen-bond donors (Lipinski definition) is 1. The average molecular weight is 405 g/mol. The summed E-state index contributed by atoms with van der Waals surface area (Å²) in [7, 11) is 0. The predicted octanol–water partition coefficient (Wildman–Crippen LogP) is 7.26. The molecule has 2 rings (SSSR count). The largest absolute Gasteiger partial charge is 0.385 e. The van der Waals surface area contributed by atoms with Crippen LogP contribution in [0.5, 0.6) is 0 Å². The monoisotopic (exact) mass is 404 g/mol. The molecule has 0 fully saturated rings. The van der Waals surface area contributed by atoms with E-state index in [0.29, 0.717) is 5.75 Å². The van der Waals surface area contributed by atoms with Crippen molar-refractivity contribution >= 4 is 29.0 Å². The third kappa shape index (κ3) is 8.06. The Labute approximate surface area is 177 Å². The van der Waals surface area contributed by atoms with Gasteiger partial charge in [-0.25, -0.2) is 0 Å². The van der Waals surface area contributed by atoms with Gasteiger partial charge in [0.15, 0.2) is 0 Å². The van der Waals surface area contributed by atoms with Gasteiger partial charge in [0.2, 0.25) is 5.91 Å². The Bertz CT molecular complexity index is 576. The predicted molar refractivity (Wildman–Crippen MR) is 125 cm³/mol. The number of benzene rings is 1. The third-order valence-corrected chi connectivity index (χ3v) is 6.54. The molecule has 0 atom stereocenters. The van der Waals surface area contributed by atoms with Crippen LogP contribution in [-0.2, 0) is 4.79 Å². The Morgan fingerprint density at radius 3 is 2.25 bits per heavy atom. The number of carbonyl (C=O) groups excluding carboxylic acids is 1. The minimum atomic E-state index is 0.263. The number of rotatable bonds is 15. The van der Waals surface area contributed by atoms with E-state index in [4.69, 9.17) is 0 Å². The van der Waals surface area contributed by atoms with Crippen LogP contribution in [0.25, 0.3) is 0 Å². The average Bonchev–Trinajstić information content (AvgIpc) is 2.71. The zero-order valence-electron chi connectivity index (χ0n) is 18.1. The molecule has 3 nitrogen and oxygen atoms in total. The first-order valence-corrected chi connectivity index (χ1v) is 12.6. The number of amides is 1. The van der Waals surface area contributed by atoms with Crippen LogP contribution < -0.4 is 10.2 Å². The first-order valence-electron chi connectivity index (χ1n) is 11.6. The van der Waals surface area contributed by atoms with Crippen LogP contribution in [0.15, 0.2) is 23.1 Å². The summed E-state index contributed by atoms with van der Waals surface area (Å²) in [4.78, 5) is 15.8. The van der Waals surface area contributed by atoms with Crippen molar-refractivity contribution in [2.45, 2.75) is 95.8 Å². The maximum atomic E-state index is 12.5. The van der Waals surface area contributed by atoms with Gasteiger partial charge in [-0.2, -0.15) is 0 Å². The Morgan fingerprint density at radius 1 is 0.893 bits per heavy atom. The van der Waals surface area contributed by atoms with Crippen molar-refractivity contribution in [3.8, 4) is 0 Å². The van der Waals surface area contributed by atoms with Crippen LogP contribution in [0.3, 0.4) is 0 Å². The second kappa shape index (κ2) is 13.9. The number of carbonyl (C=O) groups is 1. The molecule has 158 valence electrons. The lowest BCUT2D eigenvalue weighted by Gasteiger charge is -2.29. The lowest BCUT2D eigenvalue weighted by Crippen LogP contribution is -2.36. The Morgan fingerprint density at radius 2 is 1.54 bits per heavy atom. The molecular weight excluding hydrogens is 364 g/mol. The summed E-state index contributed by atoms with van der Waals surface area (Å²) in [5.41, 5.74) is 2.26. The van der Waals surface area contributed by atoms with Crippen molar-refractivity contribution in [2.24, 2.45) is 0 Å². The van der Waals surface area contributed by atoms with Crippen LogP contribution in [0.4, 0.5) is 11.4 Å². The standard InChI is InChI=1S/C24H40N2OS/c1-3-5-7-9-11-13-17-25-21-15-16-23-22(19-21)26(24(27)20-28-23)18-14-12-10-8-6-4-2/h15-16,19,25H,3-14,17-18,20H2,1-2H3. The van der Waals surface area contributed by atoms with E-state index >= 15 is 0 Å². The second-order valence-electron chi connectivity index (χ2n) is 7.98. The van der Waals surface area contributed by atoms with E-state index in [9.17, 15) is 4.79 Å². The van der Waals surface area contributed by atoms with E-state index in [1.54, 1.807) is 11.8 Å². The summed E-state index contributed by atoms with van der Waals surface area (Å²) >= 11 is 1.68. The highest BCUT2D eigenvalue weighted by atomic mass is 32.2. The van der Waals surface area contributed by atoms with Gasteiger partial charge in [-0.15, -0.1) is 11.8 Å². The molecule has 0 spiro atoms. The van der Waals surface area contributed by atoms with E-state index in [-0.39, 0.29) is 5.91 Å². The summed E-state index contributed by atoms with van der Waals surface area (Å²) in [5.74, 6) is 0.840. The first kappa shape index (κ1) is 23.1. The zero-order valence-corrected chi connectivity index (χ0v) is 18.9. The molecule has 1 aromatic carbocycles. The van der Waals surface area contributed by atoms with Crippen molar-refractivity contribution in [2.75, 3.05) is 29.1 Å². The number of fused-ring (bicyclic) bond motifs is 1. The first-order chi connectivity index (χ1) is 13.8. The number of anilines is 2. The van der Waals surface area contributed by atoms with Crippen LogP contribution in [0, 0.1) is 0 Å². The van der Waals surface area contributed by atoms with Crippen LogP contribution in [0.2, 0.25) is 0 Å². The summed E-state index contributed by atoms with van der Waals surface area (Å²) < 4.78 is 0. The molecule has 4 heteroatoms. The fourth-order valence-corrected chi connectivity index (χ4v) is 4.66. The van der Waals surface area contributed by atoms with Gasteiger partial charge < -0.3 is 10.2 Å². The van der Waals surface area contributed by atoms with Crippen molar-refractivity contribution in [3.05, 3.63) is 18.2 Å². The Hall–Kier alpha value is -1.16. The van der Waals surface area contributed by atoms with E-state index < -0.39 is 0 Å². The van der Waals surface area contributed by atoms with Gasteiger partial charge in [0.25, 0.3) is 0 Å². The number of thioether (sulfide) groups is 1. The molecule has 1 aromatic rings. The second-order valence-corrected chi connectivity index (χ2v) is 9.00. The number of nitrogens with one attached hydrogen (secondary N) is 1. The van der Waals surface area contributed by atoms with Crippen molar-refractivity contribution in [3.63, 3.8) is 0 Å². The maximum absolute atomic E-state index is 12.5. The van der Waals surface area contributed by atoms with Crippen LogP contribution in [0.1, 0.15) is 90.9 Å². The van der Waals surface area contributed by atoms with Gasteiger partial charge in [0.05, 0.1) is 11.4 Å². The smallest absolute Gasteiger partial charge is 0.237 e. The number of nitrogens with zero attached hydrogens (tertiary/aromatic N) is 1. The van der Waals surface area contributed by atoms with E-state index in [2.05, 4.69) is 37.4 Å². The molecule has 0 aliphatic carbocycles. The molecule has 0 saturated heterocycles. The van der Waals surface area contributed by atoms with Crippen molar-refractivity contribution < 1.29 is 4.79 Å². The topological polar surface area (TPSA) is 32.3 Å². The summed E-state index contributed by atoms with van der Waals surface area (Å²) in [6, 6.07) is 6.54. The van der Waals surface area contributed by atoms with Gasteiger partial charge in [-0.3, -0.25) is 4.79 Å². The number of unbranched alkanes of at least 4 members (excludes halogenated alkanes) is 10. The molecule has 0 radical (unpaired) electrons. The van der Waals surface area contributed by atoms with Gasteiger partial charge in [-0.1, -0.05) is 78.1 Å². The lowest BCUT2D eigenvalue weighted by molar-refractivity contribution is -0.116. The highest BCUT2D eigenvalue weighted by Crippen LogP contribution is 2.37. The fraction of sp³-hybridized carbons (Fsp3) is 0.708. The summed E-state index contributed by atoms with van der Waals surface area (Å²) in [5, 5.41) is 3.56. The third-order valence-electron chi connectivity index (χ3n) is 5.50. The number of hydrogen-bond acceptors (Lipinski definition) is 3. The molecule has 1 aliphatic heterocycles. The Kier molecular flexibility index (Phi) is 11.5. The highest BCUT2D eigenvalue weighted by Gasteiger charge is 2.24. The molecule has 0 aromatic heterocycles. The molecule has 1 aliphatic rings. The molecule has 28 heavy (non-hydrogen) atoms. The van der Waals surface area contributed by atoms with E-state index in [0.717, 1.165) is 30.9 Å². The highest BCUT2D eigenvalue weighted by molar-refractivity contribution is 8.00. The quantitative estimate of drug-likeness (QED) is 0.312.